The summed E-state index contributed by atoms with van der Waals surface area (Å²) in [5.41, 5.74) is 0. The lowest BCUT2D eigenvalue weighted by Gasteiger charge is -2.25. The first-order valence-corrected chi connectivity index (χ1v) is 4.42. The summed E-state index contributed by atoms with van der Waals surface area (Å²) in [7, 11) is 0. The van der Waals surface area contributed by atoms with E-state index in [2.05, 4.69) is 11.5 Å². The molecule has 1 aliphatic carbocycles. The highest BCUT2D eigenvalue weighted by atomic mass is 17.2. The molecule has 1 aliphatic rings. The van der Waals surface area contributed by atoms with Crippen molar-refractivity contribution in [1.82, 2.24) is 0 Å². The minimum atomic E-state index is -0.627. The Labute approximate surface area is 77.1 Å². The average Bonchev–Trinajstić information content (AvgIpc) is 2.16. The Hall–Kier alpha value is -0.870. The summed E-state index contributed by atoms with van der Waals surface area (Å²) in [4.78, 5) is 19.8. The lowest BCUT2D eigenvalue weighted by Crippen LogP contribution is -2.32. The van der Waals surface area contributed by atoms with Gasteiger partial charge in [0.15, 0.2) is 0 Å². The van der Waals surface area contributed by atoms with Crippen LogP contribution in [0.1, 0.15) is 25.7 Å². The van der Waals surface area contributed by atoms with Crippen molar-refractivity contribution in [2.75, 3.05) is 0 Å². The maximum absolute atomic E-state index is 10.6. The van der Waals surface area contributed by atoms with Crippen molar-refractivity contribution in [3.05, 3.63) is 12.7 Å². The summed E-state index contributed by atoms with van der Waals surface area (Å²) >= 11 is 0. The third-order valence-corrected chi connectivity index (χ3v) is 2.09. The monoisotopic (exact) mass is 186 g/mol. The molecule has 2 atom stereocenters. The van der Waals surface area contributed by atoms with Gasteiger partial charge in [0.1, 0.15) is 6.10 Å². The largest absolute Gasteiger partial charge is 0.390 e. The molecule has 74 valence electrons. The maximum atomic E-state index is 10.6. The Balaban J connectivity index is 2.26. The van der Waals surface area contributed by atoms with Gasteiger partial charge in [-0.05, 0) is 12.8 Å². The van der Waals surface area contributed by atoms with Crippen LogP contribution in [-0.2, 0) is 14.6 Å². The van der Waals surface area contributed by atoms with Crippen LogP contribution in [0.25, 0.3) is 0 Å². The maximum Gasteiger partial charge on any atom is 0.365 e. The Bertz CT molecular complexity index is 190. The molecule has 1 N–H and O–H groups in total. The van der Waals surface area contributed by atoms with E-state index in [9.17, 15) is 9.90 Å². The number of carbonyl (C=O) groups excluding carboxylic acids is 1. The van der Waals surface area contributed by atoms with Crippen molar-refractivity contribution >= 4 is 5.97 Å². The van der Waals surface area contributed by atoms with E-state index in [1.165, 1.54) is 0 Å². The molecule has 0 radical (unpaired) electrons. The van der Waals surface area contributed by atoms with Crippen molar-refractivity contribution in [2.45, 2.75) is 37.9 Å². The minimum Gasteiger partial charge on any atom is -0.390 e. The first-order valence-electron chi connectivity index (χ1n) is 4.42. The Morgan fingerprint density at radius 3 is 2.77 bits per heavy atom. The SMILES string of the molecule is C=CC(=O)OOC1CCCCC1O. The second-order valence-corrected chi connectivity index (χ2v) is 3.09. The van der Waals surface area contributed by atoms with Gasteiger partial charge < -0.3 is 5.11 Å². The topological polar surface area (TPSA) is 55.8 Å². The van der Waals surface area contributed by atoms with E-state index in [0.717, 1.165) is 25.3 Å². The number of carbonyl (C=O) groups is 1. The van der Waals surface area contributed by atoms with Gasteiger partial charge in [0, 0.05) is 6.08 Å². The Morgan fingerprint density at radius 2 is 2.15 bits per heavy atom. The molecule has 13 heavy (non-hydrogen) atoms. The molecule has 4 nitrogen and oxygen atoms in total. The molecule has 0 amide bonds. The highest BCUT2D eigenvalue weighted by Crippen LogP contribution is 2.21. The van der Waals surface area contributed by atoms with E-state index < -0.39 is 12.1 Å². The quantitative estimate of drug-likeness (QED) is 0.405. The van der Waals surface area contributed by atoms with Gasteiger partial charge in [-0.15, -0.1) is 0 Å². The normalized spacial score (nSPS) is 28.1. The molecule has 0 spiro atoms. The van der Waals surface area contributed by atoms with Gasteiger partial charge in [-0.3, -0.25) is 4.89 Å². The molecule has 2 unspecified atom stereocenters. The molecule has 0 heterocycles. The van der Waals surface area contributed by atoms with Crippen molar-refractivity contribution in [3.63, 3.8) is 0 Å². The molecular weight excluding hydrogens is 172 g/mol. The summed E-state index contributed by atoms with van der Waals surface area (Å²) in [6.45, 7) is 3.23. The first kappa shape index (κ1) is 10.2. The summed E-state index contributed by atoms with van der Waals surface area (Å²) in [6.07, 6.45) is 3.55. The van der Waals surface area contributed by atoms with E-state index in [1.54, 1.807) is 0 Å². The average molecular weight is 186 g/mol. The summed E-state index contributed by atoms with van der Waals surface area (Å²) < 4.78 is 0. The third-order valence-electron chi connectivity index (χ3n) is 2.09. The predicted molar refractivity (Wildman–Crippen MR) is 45.6 cm³/mol. The van der Waals surface area contributed by atoms with Gasteiger partial charge >= 0.3 is 5.97 Å². The number of aliphatic hydroxyl groups excluding tert-OH is 1. The molecule has 0 saturated heterocycles. The summed E-state index contributed by atoms with van der Waals surface area (Å²) in [5, 5.41) is 9.41. The molecule has 0 aliphatic heterocycles. The fraction of sp³-hybridized carbons (Fsp3) is 0.667. The highest BCUT2D eigenvalue weighted by Gasteiger charge is 2.25. The fourth-order valence-electron chi connectivity index (χ4n) is 1.33. The van der Waals surface area contributed by atoms with Crippen molar-refractivity contribution in [2.24, 2.45) is 0 Å². The van der Waals surface area contributed by atoms with E-state index >= 15 is 0 Å². The second kappa shape index (κ2) is 4.99. The molecule has 0 aromatic carbocycles. The lowest BCUT2D eigenvalue weighted by molar-refractivity contribution is -0.311. The van der Waals surface area contributed by atoms with E-state index in [1.807, 2.05) is 0 Å². The van der Waals surface area contributed by atoms with Gasteiger partial charge in [-0.25, -0.2) is 4.79 Å². The lowest BCUT2D eigenvalue weighted by atomic mass is 9.95. The zero-order valence-corrected chi connectivity index (χ0v) is 7.44. The van der Waals surface area contributed by atoms with Gasteiger partial charge in [0.2, 0.25) is 0 Å². The zero-order valence-electron chi connectivity index (χ0n) is 7.44. The van der Waals surface area contributed by atoms with Crippen LogP contribution >= 0.6 is 0 Å². The fourth-order valence-corrected chi connectivity index (χ4v) is 1.33. The van der Waals surface area contributed by atoms with Crippen LogP contribution in [0.2, 0.25) is 0 Å². The van der Waals surface area contributed by atoms with Gasteiger partial charge in [-0.1, -0.05) is 19.4 Å². The smallest absolute Gasteiger partial charge is 0.365 e. The molecular formula is C9H14O4. The van der Waals surface area contributed by atoms with Crippen LogP contribution in [0.15, 0.2) is 12.7 Å². The van der Waals surface area contributed by atoms with Gasteiger partial charge in [0.05, 0.1) is 6.10 Å². The van der Waals surface area contributed by atoms with Crippen molar-refractivity contribution in [3.8, 4) is 0 Å². The molecule has 1 saturated carbocycles. The third kappa shape index (κ3) is 3.16. The number of rotatable bonds is 3. The molecule has 1 fully saturated rings. The summed E-state index contributed by atoms with van der Waals surface area (Å²) in [5.74, 6) is -0.627. The minimum absolute atomic E-state index is 0.377. The highest BCUT2D eigenvalue weighted by molar-refractivity contribution is 5.80. The predicted octanol–water partition coefficient (Wildman–Crippen LogP) is 0.951. The number of hydrogen-bond acceptors (Lipinski definition) is 4. The standard InChI is InChI=1S/C9H14O4/c1-2-9(11)13-12-8-6-4-3-5-7(8)10/h2,7-8,10H,1,3-6H2. The van der Waals surface area contributed by atoms with Crippen molar-refractivity contribution in [1.29, 1.82) is 0 Å². The summed E-state index contributed by atoms with van der Waals surface area (Å²) in [6, 6.07) is 0. The Kier molecular flexibility index (Phi) is 3.92. The first-order chi connectivity index (χ1) is 6.24. The van der Waals surface area contributed by atoms with Gasteiger partial charge in [-0.2, -0.15) is 4.89 Å². The van der Waals surface area contributed by atoms with Crippen molar-refractivity contribution < 1.29 is 19.7 Å². The van der Waals surface area contributed by atoms with E-state index in [-0.39, 0.29) is 6.10 Å². The van der Waals surface area contributed by atoms with Crippen LogP contribution in [0.5, 0.6) is 0 Å². The molecule has 0 bridgehead atoms. The van der Waals surface area contributed by atoms with Crippen LogP contribution in [0, 0.1) is 0 Å². The molecule has 1 rings (SSSR count). The second-order valence-electron chi connectivity index (χ2n) is 3.09. The van der Waals surface area contributed by atoms with Crippen LogP contribution < -0.4 is 0 Å². The van der Waals surface area contributed by atoms with E-state index in [4.69, 9.17) is 4.89 Å². The van der Waals surface area contributed by atoms with E-state index in [0.29, 0.717) is 6.42 Å². The zero-order chi connectivity index (χ0) is 9.68. The molecule has 4 heteroatoms. The number of aliphatic hydroxyl groups is 1. The van der Waals surface area contributed by atoms with Crippen LogP contribution in [0.4, 0.5) is 0 Å². The van der Waals surface area contributed by atoms with Crippen LogP contribution in [-0.4, -0.2) is 23.3 Å². The molecule has 0 aromatic rings. The Morgan fingerprint density at radius 1 is 1.46 bits per heavy atom. The van der Waals surface area contributed by atoms with Gasteiger partial charge in [0.25, 0.3) is 0 Å². The number of hydrogen-bond donors (Lipinski definition) is 1. The van der Waals surface area contributed by atoms with Crippen LogP contribution in [0.3, 0.4) is 0 Å². The molecule has 0 aromatic heterocycles.